The molecule has 1 aromatic rings. The summed E-state index contributed by atoms with van der Waals surface area (Å²) in [6.07, 6.45) is 12.6. The number of halogens is 1. The van der Waals surface area contributed by atoms with Crippen LogP contribution in [0.15, 0.2) is 23.7 Å². The van der Waals surface area contributed by atoms with Crippen LogP contribution in [0.1, 0.15) is 52.0 Å². The Hall–Kier alpha value is -0.790. The summed E-state index contributed by atoms with van der Waals surface area (Å²) < 4.78 is 2.26. The third kappa shape index (κ3) is 4.86. The molecule has 0 amide bonds. The van der Waals surface area contributed by atoms with Crippen molar-refractivity contribution in [2.75, 3.05) is 26.2 Å². The molecule has 1 aliphatic heterocycles. The maximum atomic E-state index is 4.97. The summed E-state index contributed by atoms with van der Waals surface area (Å²) in [6, 6.07) is 0.488. The molecule has 2 fully saturated rings. The molecule has 1 saturated heterocycles. The zero-order chi connectivity index (χ0) is 16.1. The van der Waals surface area contributed by atoms with Crippen molar-refractivity contribution in [1.29, 1.82) is 0 Å². The molecule has 1 saturated carbocycles. The van der Waals surface area contributed by atoms with Crippen molar-refractivity contribution >= 4 is 29.9 Å². The number of hydrogen-bond donors (Lipinski definition) is 1. The van der Waals surface area contributed by atoms with Gasteiger partial charge in [-0.2, -0.15) is 0 Å². The van der Waals surface area contributed by atoms with Crippen LogP contribution >= 0.6 is 24.0 Å². The highest BCUT2D eigenvalue weighted by Crippen LogP contribution is 2.28. The quantitative estimate of drug-likeness (QED) is 0.438. The second-order valence-corrected chi connectivity index (χ2v) is 7.13. The molecular weight excluding hydrogens is 413 g/mol. The lowest BCUT2D eigenvalue weighted by Gasteiger charge is -2.39. The molecule has 5 nitrogen and oxygen atoms in total. The van der Waals surface area contributed by atoms with E-state index in [0.29, 0.717) is 12.0 Å². The van der Waals surface area contributed by atoms with E-state index in [-0.39, 0.29) is 24.0 Å². The Labute approximate surface area is 163 Å². The summed E-state index contributed by atoms with van der Waals surface area (Å²) in [7, 11) is 0. The fourth-order valence-corrected chi connectivity index (χ4v) is 3.93. The largest absolute Gasteiger partial charge is 0.357 e. The van der Waals surface area contributed by atoms with E-state index in [2.05, 4.69) is 39.8 Å². The Morgan fingerprint density at radius 1 is 1.29 bits per heavy atom. The number of imidazole rings is 1. The molecule has 1 aliphatic carbocycles. The minimum atomic E-state index is 0. The van der Waals surface area contributed by atoms with Crippen LogP contribution in [0.2, 0.25) is 0 Å². The average Bonchev–Trinajstić information content (AvgIpc) is 3.25. The first-order valence-electron chi connectivity index (χ1n) is 9.28. The first-order valence-corrected chi connectivity index (χ1v) is 9.28. The molecule has 0 aromatic carbocycles. The molecule has 1 aromatic heterocycles. The smallest absolute Gasteiger partial charge is 0.193 e. The van der Waals surface area contributed by atoms with Crippen LogP contribution in [0, 0.1) is 11.8 Å². The van der Waals surface area contributed by atoms with Gasteiger partial charge in [-0.25, -0.2) is 4.98 Å². The van der Waals surface area contributed by atoms with E-state index in [9.17, 15) is 0 Å². The molecule has 2 aliphatic rings. The summed E-state index contributed by atoms with van der Waals surface area (Å²) >= 11 is 0. The zero-order valence-electron chi connectivity index (χ0n) is 15.0. The van der Waals surface area contributed by atoms with Gasteiger partial charge in [0.1, 0.15) is 0 Å². The lowest BCUT2D eigenvalue weighted by Crippen LogP contribution is -2.49. The van der Waals surface area contributed by atoms with Crippen molar-refractivity contribution in [2.24, 2.45) is 16.8 Å². The first-order chi connectivity index (χ1) is 11.3. The molecule has 24 heavy (non-hydrogen) atoms. The number of likely N-dealkylation sites (tertiary alicyclic amines) is 1. The van der Waals surface area contributed by atoms with Gasteiger partial charge in [0.25, 0.3) is 0 Å². The highest BCUT2D eigenvalue weighted by Gasteiger charge is 2.29. The third-order valence-electron chi connectivity index (χ3n) is 5.43. The molecule has 0 radical (unpaired) electrons. The zero-order valence-corrected chi connectivity index (χ0v) is 17.4. The van der Waals surface area contributed by atoms with Gasteiger partial charge in [0.05, 0.1) is 12.4 Å². The summed E-state index contributed by atoms with van der Waals surface area (Å²) in [5.74, 6) is 2.59. The van der Waals surface area contributed by atoms with E-state index < -0.39 is 0 Å². The van der Waals surface area contributed by atoms with Gasteiger partial charge in [-0.05, 0) is 38.0 Å². The Balaban J connectivity index is 0.00000208. The second-order valence-electron chi connectivity index (χ2n) is 7.13. The van der Waals surface area contributed by atoms with Gasteiger partial charge in [0.2, 0.25) is 0 Å². The molecular formula is C18H32IN5. The Morgan fingerprint density at radius 3 is 2.75 bits per heavy atom. The van der Waals surface area contributed by atoms with E-state index in [1.807, 2.05) is 12.5 Å². The summed E-state index contributed by atoms with van der Waals surface area (Å²) in [4.78, 5) is 11.6. The molecule has 1 N–H and O–H groups in total. The number of nitrogens with zero attached hydrogens (tertiary/aromatic N) is 4. The first kappa shape index (κ1) is 19.5. The normalized spacial score (nSPS) is 25.6. The van der Waals surface area contributed by atoms with Crippen molar-refractivity contribution in [2.45, 2.75) is 52.0 Å². The van der Waals surface area contributed by atoms with Gasteiger partial charge in [-0.15, -0.1) is 24.0 Å². The lowest BCUT2D eigenvalue weighted by atomic mass is 9.93. The highest BCUT2D eigenvalue weighted by atomic mass is 127. The van der Waals surface area contributed by atoms with Gasteiger partial charge >= 0.3 is 0 Å². The molecule has 0 bridgehead atoms. The predicted octanol–water partition coefficient (Wildman–Crippen LogP) is 3.54. The topological polar surface area (TPSA) is 45.5 Å². The van der Waals surface area contributed by atoms with Crippen LogP contribution in [0.5, 0.6) is 0 Å². The van der Waals surface area contributed by atoms with E-state index in [4.69, 9.17) is 4.99 Å². The number of hydrogen-bond acceptors (Lipinski definition) is 2. The van der Waals surface area contributed by atoms with E-state index in [0.717, 1.165) is 38.1 Å². The van der Waals surface area contributed by atoms with Crippen LogP contribution in [0.3, 0.4) is 0 Å². The SMILES string of the molecule is CCNC(=NCC1CCCC1)N1CCC(C)C(n2ccnc2)C1.I. The number of rotatable bonds is 4. The number of aliphatic imine (C=N–C) groups is 1. The van der Waals surface area contributed by atoms with Crippen LogP contribution in [0.4, 0.5) is 0 Å². The van der Waals surface area contributed by atoms with Gasteiger partial charge in [0.15, 0.2) is 5.96 Å². The van der Waals surface area contributed by atoms with Gasteiger partial charge in [-0.1, -0.05) is 19.8 Å². The fraction of sp³-hybridized carbons (Fsp3) is 0.778. The lowest BCUT2D eigenvalue weighted by molar-refractivity contribution is 0.189. The summed E-state index contributed by atoms with van der Waals surface area (Å²) in [5, 5.41) is 3.51. The van der Waals surface area contributed by atoms with Gasteiger partial charge < -0.3 is 14.8 Å². The molecule has 2 heterocycles. The molecule has 6 heteroatoms. The number of nitrogens with one attached hydrogen (secondary N) is 1. The van der Waals surface area contributed by atoms with Crippen LogP contribution in [-0.2, 0) is 0 Å². The molecule has 0 spiro atoms. The second kappa shape index (κ2) is 9.63. The molecule has 136 valence electrons. The number of guanidine groups is 1. The summed E-state index contributed by atoms with van der Waals surface area (Å²) in [5.41, 5.74) is 0. The Morgan fingerprint density at radius 2 is 2.08 bits per heavy atom. The van der Waals surface area contributed by atoms with E-state index in [1.165, 1.54) is 32.1 Å². The summed E-state index contributed by atoms with van der Waals surface area (Å²) in [6.45, 7) is 8.56. The minimum Gasteiger partial charge on any atom is -0.357 e. The third-order valence-corrected chi connectivity index (χ3v) is 5.43. The fourth-order valence-electron chi connectivity index (χ4n) is 3.93. The Bertz CT molecular complexity index is 496. The van der Waals surface area contributed by atoms with Crippen LogP contribution < -0.4 is 5.32 Å². The van der Waals surface area contributed by atoms with E-state index >= 15 is 0 Å². The van der Waals surface area contributed by atoms with Crippen molar-refractivity contribution in [1.82, 2.24) is 19.8 Å². The van der Waals surface area contributed by atoms with Crippen molar-refractivity contribution in [3.63, 3.8) is 0 Å². The molecule has 2 unspecified atom stereocenters. The van der Waals surface area contributed by atoms with Crippen molar-refractivity contribution < 1.29 is 0 Å². The average molecular weight is 445 g/mol. The number of aromatic nitrogens is 2. The maximum Gasteiger partial charge on any atom is 0.193 e. The van der Waals surface area contributed by atoms with Crippen molar-refractivity contribution in [3.8, 4) is 0 Å². The minimum absolute atomic E-state index is 0. The standard InChI is InChI=1S/C18H31N5.HI/c1-3-20-18(21-12-16-6-4-5-7-16)22-10-8-15(2)17(13-22)23-11-9-19-14-23;/h9,11,14-17H,3-8,10,12-13H2,1-2H3,(H,20,21);1H. The van der Waals surface area contributed by atoms with Gasteiger partial charge in [0, 0.05) is 38.6 Å². The molecule has 2 atom stereocenters. The monoisotopic (exact) mass is 445 g/mol. The maximum absolute atomic E-state index is 4.97. The number of piperidine rings is 1. The Kier molecular flexibility index (Phi) is 7.84. The highest BCUT2D eigenvalue weighted by molar-refractivity contribution is 14.0. The molecule has 3 rings (SSSR count). The van der Waals surface area contributed by atoms with E-state index in [1.54, 1.807) is 0 Å². The van der Waals surface area contributed by atoms with Gasteiger partial charge in [-0.3, -0.25) is 4.99 Å². The van der Waals surface area contributed by atoms with Crippen molar-refractivity contribution in [3.05, 3.63) is 18.7 Å². The van der Waals surface area contributed by atoms with Crippen LogP contribution in [0.25, 0.3) is 0 Å². The van der Waals surface area contributed by atoms with Crippen LogP contribution in [-0.4, -0.2) is 46.6 Å². The predicted molar refractivity (Wildman–Crippen MR) is 110 cm³/mol.